The van der Waals surface area contributed by atoms with Crippen molar-refractivity contribution < 1.29 is 14.3 Å². The molecule has 0 atom stereocenters. The van der Waals surface area contributed by atoms with Crippen molar-refractivity contribution >= 4 is 11.6 Å². The minimum atomic E-state index is -0.195. The first-order valence-corrected chi connectivity index (χ1v) is 9.54. The number of ether oxygens (including phenoxy) is 2. The van der Waals surface area contributed by atoms with Crippen LogP contribution in [0.5, 0.6) is 11.5 Å². The fraction of sp³-hybridized carbons (Fsp3) is 0.409. The lowest BCUT2D eigenvalue weighted by Crippen LogP contribution is -2.26. The van der Waals surface area contributed by atoms with E-state index in [4.69, 9.17) is 9.47 Å². The predicted octanol–water partition coefficient (Wildman–Crippen LogP) is 4.05. The van der Waals surface area contributed by atoms with Crippen molar-refractivity contribution in [1.82, 2.24) is 5.32 Å². The summed E-state index contributed by atoms with van der Waals surface area (Å²) in [6.07, 6.45) is 5.02. The zero-order chi connectivity index (χ0) is 19.1. The topological polar surface area (TPSA) is 59.6 Å². The summed E-state index contributed by atoms with van der Waals surface area (Å²) in [5, 5.41) is 6.44. The fourth-order valence-corrected chi connectivity index (χ4v) is 3.38. The number of anilines is 1. The number of rotatable bonds is 8. The van der Waals surface area contributed by atoms with E-state index in [-0.39, 0.29) is 12.5 Å². The van der Waals surface area contributed by atoms with Crippen LogP contribution in [0.15, 0.2) is 42.5 Å². The Morgan fingerprint density at radius 1 is 1.11 bits per heavy atom. The van der Waals surface area contributed by atoms with Crippen molar-refractivity contribution in [2.75, 3.05) is 19.0 Å². The van der Waals surface area contributed by atoms with Crippen molar-refractivity contribution in [2.45, 2.75) is 45.2 Å². The van der Waals surface area contributed by atoms with E-state index in [0.29, 0.717) is 24.1 Å². The number of benzene rings is 2. The summed E-state index contributed by atoms with van der Waals surface area (Å²) in [5.74, 6) is 1.08. The Morgan fingerprint density at radius 2 is 1.85 bits per heavy atom. The maximum absolute atomic E-state index is 12.3. The van der Waals surface area contributed by atoms with Crippen LogP contribution < -0.4 is 20.1 Å². The Hall–Kier alpha value is -2.53. The highest BCUT2D eigenvalue weighted by atomic mass is 16.5. The molecule has 144 valence electrons. The Balaban J connectivity index is 1.61. The minimum absolute atomic E-state index is 0.0648. The quantitative estimate of drug-likeness (QED) is 0.738. The Bertz CT molecular complexity index is 753. The number of methoxy groups -OCH3 is 1. The first-order valence-electron chi connectivity index (χ1n) is 9.54. The Kier molecular flexibility index (Phi) is 6.71. The SMILES string of the molecule is COc1cccc(CNC2CCCC2)c1OCC(=O)Nc1ccc(C)cc1. The van der Waals surface area contributed by atoms with Crippen LogP contribution in [0, 0.1) is 6.92 Å². The number of aryl methyl sites for hydroxylation is 1. The summed E-state index contributed by atoms with van der Waals surface area (Å²) in [6, 6.07) is 14.1. The van der Waals surface area contributed by atoms with Crippen LogP contribution in [0.25, 0.3) is 0 Å². The van der Waals surface area contributed by atoms with Gasteiger partial charge in [-0.25, -0.2) is 0 Å². The number of amides is 1. The number of para-hydroxylation sites is 1. The molecule has 2 aromatic carbocycles. The van der Waals surface area contributed by atoms with E-state index >= 15 is 0 Å². The second-order valence-electron chi connectivity index (χ2n) is 7.01. The van der Waals surface area contributed by atoms with Gasteiger partial charge in [-0.05, 0) is 38.0 Å². The molecule has 3 rings (SSSR count). The van der Waals surface area contributed by atoms with Gasteiger partial charge in [-0.15, -0.1) is 0 Å². The standard InChI is InChI=1S/C22H28N2O3/c1-16-10-12-19(13-11-16)24-21(25)15-27-22-17(6-5-9-20(22)26-2)14-23-18-7-3-4-8-18/h5-6,9-13,18,23H,3-4,7-8,14-15H2,1-2H3,(H,24,25). The van der Waals surface area contributed by atoms with E-state index in [1.54, 1.807) is 7.11 Å². The van der Waals surface area contributed by atoms with Crippen molar-refractivity contribution in [3.05, 3.63) is 53.6 Å². The monoisotopic (exact) mass is 368 g/mol. The van der Waals surface area contributed by atoms with Crippen LogP contribution in [0.3, 0.4) is 0 Å². The third-order valence-electron chi connectivity index (χ3n) is 4.90. The van der Waals surface area contributed by atoms with Crippen LogP contribution in [0.1, 0.15) is 36.8 Å². The zero-order valence-corrected chi connectivity index (χ0v) is 16.1. The molecular weight excluding hydrogens is 340 g/mol. The molecule has 0 unspecified atom stereocenters. The second kappa shape index (κ2) is 9.42. The van der Waals surface area contributed by atoms with Gasteiger partial charge in [0.15, 0.2) is 18.1 Å². The van der Waals surface area contributed by atoms with Gasteiger partial charge >= 0.3 is 0 Å². The molecule has 1 amide bonds. The highest BCUT2D eigenvalue weighted by Gasteiger charge is 2.17. The molecule has 1 aliphatic rings. The molecule has 0 bridgehead atoms. The third-order valence-corrected chi connectivity index (χ3v) is 4.90. The van der Waals surface area contributed by atoms with Gasteiger partial charge in [0.1, 0.15) is 0 Å². The highest BCUT2D eigenvalue weighted by Crippen LogP contribution is 2.31. The first kappa shape index (κ1) is 19.2. The van der Waals surface area contributed by atoms with Crippen molar-refractivity contribution in [3.8, 4) is 11.5 Å². The molecule has 0 aromatic heterocycles. The number of nitrogens with one attached hydrogen (secondary N) is 2. The van der Waals surface area contributed by atoms with Crippen LogP contribution in [0.2, 0.25) is 0 Å². The summed E-state index contributed by atoms with van der Waals surface area (Å²) in [6.45, 7) is 2.65. The Labute approximate surface area is 161 Å². The molecule has 0 saturated heterocycles. The van der Waals surface area contributed by atoms with E-state index in [2.05, 4.69) is 10.6 Å². The molecule has 5 heteroatoms. The summed E-state index contributed by atoms with van der Waals surface area (Å²) < 4.78 is 11.3. The summed E-state index contributed by atoms with van der Waals surface area (Å²) in [4.78, 5) is 12.3. The number of carbonyl (C=O) groups excluding carboxylic acids is 1. The molecule has 0 radical (unpaired) electrons. The normalized spacial score (nSPS) is 14.1. The zero-order valence-electron chi connectivity index (χ0n) is 16.1. The van der Waals surface area contributed by atoms with Crippen LogP contribution in [-0.4, -0.2) is 25.7 Å². The van der Waals surface area contributed by atoms with Crippen LogP contribution >= 0.6 is 0 Å². The molecular formula is C22H28N2O3. The smallest absolute Gasteiger partial charge is 0.262 e. The molecule has 1 fully saturated rings. The first-order chi connectivity index (χ1) is 13.2. The van der Waals surface area contributed by atoms with Crippen molar-refractivity contribution in [2.24, 2.45) is 0 Å². The van der Waals surface area contributed by atoms with Gasteiger partial charge in [0, 0.05) is 23.8 Å². The van der Waals surface area contributed by atoms with Crippen molar-refractivity contribution in [3.63, 3.8) is 0 Å². The van der Waals surface area contributed by atoms with Gasteiger partial charge in [0.05, 0.1) is 7.11 Å². The molecule has 1 aliphatic carbocycles. The molecule has 2 N–H and O–H groups in total. The van der Waals surface area contributed by atoms with E-state index in [9.17, 15) is 4.79 Å². The van der Waals surface area contributed by atoms with Gasteiger partial charge in [-0.3, -0.25) is 4.79 Å². The van der Waals surface area contributed by atoms with Gasteiger partial charge in [0.25, 0.3) is 5.91 Å². The average Bonchev–Trinajstić information content (AvgIpc) is 3.20. The molecule has 5 nitrogen and oxygen atoms in total. The van der Waals surface area contributed by atoms with Crippen LogP contribution in [-0.2, 0) is 11.3 Å². The lowest BCUT2D eigenvalue weighted by Gasteiger charge is -2.17. The van der Waals surface area contributed by atoms with E-state index in [1.165, 1.54) is 25.7 Å². The highest BCUT2D eigenvalue weighted by molar-refractivity contribution is 5.91. The van der Waals surface area contributed by atoms with E-state index < -0.39 is 0 Å². The van der Waals surface area contributed by atoms with Gasteiger partial charge in [-0.2, -0.15) is 0 Å². The number of hydrogen-bond donors (Lipinski definition) is 2. The molecule has 27 heavy (non-hydrogen) atoms. The number of hydrogen-bond acceptors (Lipinski definition) is 4. The largest absolute Gasteiger partial charge is 0.493 e. The molecule has 0 aliphatic heterocycles. The van der Waals surface area contributed by atoms with Gasteiger partial charge in [0.2, 0.25) is 0 Å². The average molecular weight is 368 g/mol. The summed E-state index contributed by atoms with van der Waals surface area (Å²) >= 11 is 0. The van der Waals surface area contributed by atoms with Gasteiger partial charge < -0.3 is 20.1 Å². The lowest BCUT2D eigenvalue weighted by molar-refractivity contribution is -0.118. The van der Waals surface area contributed by atoms with Gasteiger partial charge in [-0.1, -0.05) is 42.7 Å². The second-order valence-corrected chi connectivity index (χ2v) is 7.01. The van der Waals surface area contributed by atoms with E-state index in [0.717, 1.165) is 16.8 Å². The molecule has 0 spiro atoms. The maximum atomic E-state index is 12.3. The third kappa shape index (κ3) is 5.47. The Morgan fingerprint density at radius 3 is 2.56 bits per heavy atom. The van der Waals surface area contributed by atoms with Crippen molar-refractivity contribution in [1.29, 1.82) is 0 Å². The maximum Gasteiger partial charge on any atom is 0.262 e. The minimum Gasteiger partial charge on any atom is -0.493 e. The molecule has 1 saturated carbocycles. The number of carbonyl (C=O) groups is 1. The predicted molar refractivity (Wildman–Crippen MR) is 107 cm³/mol. The van der Waals surface area contributed by atoms with E-state index in [1.807, 2.05) is 49.4 Å². The lowest BCUT2D eigenvalue weighted by atomic mass is 10.1. The fourth-order valence-electron chi connectivity index (χ4n) is 3.38. The molecule has 2 aromatic rings. The molecule has 0 heterocycles. The summed E-state index contributed by atoms with van der Waals surface area (Å²) in [5.41, 5.74) is 2.92. The summed E-state index contributed by atoms with van der Waals surface area (Å²) in [7, 11) is 1.61. The van der Waals surface area contributed by atoms with Crippen LogP contribution in [0.4, 0.5) is 5.69 Å².